The van der Waals surface area contributed by atoms with Crippen molar-refractivity contribution in [3.05, 3.63) is 119 Å². The summed E-state index contributed by atoms with van der Waals surface area (Å²) in [6, 6.07) is 7.63. The van der Waals surface area contributed by atoms with Gasteiger partial charge in [-0.2, -0.15) is 8.78 Å². The Bertz CT molecular complexity index is 1790. The molecule has 14 heteroatoms. The molecular weight excluding hydrogens is 674 g/mol. The third kappa shape index (κ3) is 8.19. The number of benzene rings is 4. The van der Waals surface area contributed by atoms with Crippen LogP contribution in [-0.4, -0.2) is 19.6 Å². The summed E-state index contributed by atoms with van der Waals surface area (Å²) in [4.78, 5) is 0. The maximum absolute atomic E-state index is 15.1. The van der Waals surface area contributed by atoms with Crippen LogP contribution in [-0.2, 0) is 15.6 Å². The zero-order valence-electron chi connectivity index (χ0n) is 25.4. The summed E-state index contributed by atoms with van der Waals surface area (Å²) in [5, 5.41) is 0. The fourth-order valence-corrected chi connectivity index (χ4v) is 5.21. The molecule has 1 saturated heterocycles. The lowest BCUT2D eigenvalue weighted by atomic mass is 10.00. The molecule has 0 bridgehead atoms. The summed E-state index contributed by atoms with van der Waals surface area (Å²) < 4.78 is 163. The molecular formula is C35H26F10O4. The Morgan fingerprint density at radius 2 is 1.41 bits per heavy atom. The van der Waals surface area contributed by atoms with Gasteiger partial charge in [-0.25, -0.2) is 35.1 Å². The monoisotopic (exact) mass is 700 g/mol. The van der Waals surface area contributed by atoms with E-state index in [-0.39, 0.29) is 35.3 Å². The van der Waals surface area contributed by atoms with E-state index < -0.39 is 81.9 Å². The topological polar surface area (TPSA) is 36.9 Å². The van der Waals surface area contributed by atoms with Crippen LogP contribution in [0.3, 0.4) is 0 Å². The molecule has 0 aromatic heterocycles. The summed E-state index contributed by atoms with van der Waals surface area (Å²) >= 11 is 0. The van der Waals surface area contributed by atoms with E-state index in [1.54, 1.807) is 0 Å². The van der Waals surface area contributed by atoms with E-state index in [2.05, 4.69) is 9.47 Å². The largest absolute Gasteiger partial charge is 0.459 e. The van der Waals surface area contributed by atoms with Crippen molar-refractivity contribution in [3.63, 3.8) is 0 Å². The van der Waals surface area contributed by atoms with E-state index in [1.165, 1.54) is 12.1 Å². The Morgan fingerprint density at radius 3 is 1.98 bits per heavy atom. The smallest absolute Gasteiger partial charge is 0.429 e. The lowest BCUT2D eigenvalue weighted by Crippen LogP contribution is -2.27. The zero-order chi connectivity index (χ0) is 35.5. The average Bonchev–Trinajstić information content (AvgIpc) is 3.02. The molecule has 1 fully saturated rings. The standard InChI is InChI=1S/C35H26F10O4/c1-2-3-18-16-47-34(48-17-18)20-4-6-23(25(36)11-20)19-5-7-24(26(37)10-19)35(44,45)49-22-14-27(38)32(28(39)15-22)21-12-29(40)33(30(41)13-21)46-9-8-31(42)43/h4-15,18,31,34H,2-3,16-17H2,1H3/b9-8+. The molecule has 49 heavy (non-hydrogen) atoms. The first-order chi connectivity index (χ1) is 23.3. The average molecular weight is 701 g/mol. The van der Waals surface area contributed by atoms with E-state index in [0.29, 0.717) is 49.3 Å². The third-order valence-corrected chi connectivity index (χ3v) is 7.48. The SMILES string of the molecule is CCCC1COC(c2ccc(-c3ccc(C(F)(F)Oc4cc(F)c(-c5cc(F)c(O/C=C/C(F)F)c(F)c5)c(F)c4)c(F)c3)c(F)c2)OC1. The van der Waals surface area contributed by atoms with Crippen LogP contribution >= 0.6 is 0 Å². The van der Waals surface area contributed by atoms with Crippen LogP contribution in [0.15, 0.2) is 73.0 Å². The van der Waals surface area contributed by atoms with Crippen LogP contribution in [0.2, 0.25) is 0 Å². The van der Waals surface area contributed by atoms with Crippen LogP contribution in [0.4, 0.5) is 43.9 Å². The number of halogens is 10. The zero-order valence-corrected chi connectivity index (χ0v) is 25.4. The van der Waals surface area contributed by atoms with Gasteiger partial charge in [0.15, 0.2) is 23.7 Å². The lowest BCUT2D eigenvalue weighted by molar-refractivity contribution is -0.206. The molecule has 0 amide bonds. The van der Waals surface area contributed by atoms with Gasteiger partial charge < -0.3 is 18.9 Å². The van der Waals surface area contributed by atoms with E-state index in [9.17, 15) is 26.3 Å². The molecule has 0 saturated carbocycles. The molecule has 0 unspecified atom stereocenters. The van der Waals surface area contributed by atoms with Crippen LogP contribution < -0.4 is 9.47 Å². The molecule has 260 valence electrons. The van der Waals surface area contributed by atoms with Gasteiger partial charge in [-0.1, -0.05) is 31.5 Å². The molecule has 1 aliphatic rings. The molecule has 5 rings (SSSR count). The summed E-state index contributed by atoms with van der Waals surface area (Å²) in [6.07, 6.45) is -5.92. The molecule has 1 aliphatic heterocycles. The van der Waals surface area contributed by atoms with Gasteiger partial charge in [0.25, 0.3) is 6.43 Å². The maximum atomic E-state index is 15.1. The van der Waals surface area contributed by atoms with Crippen molar-refractivity contribution in [2.45, 2.75) is 38.6 Å². The summed E-state index contributed by atoms with van der Waals surface area (Å²) in [5.41, 5.74) is -2.96. The van der Waals surface area contributed by atoms with E-state index >= 15 is 17.6 Å². The Morgan fingerprint density at radius 1 is 0.776 bits per heavy atom. The van der Waals surface area contributed by atoms with Gasteiger partial charge >= 0.3 is 6.11 Å². The van der Waals surface area contributed by atoms with Gasteiger partial charge in [-0.05, 0) is 47.9 Å². The van der Waals surface area contributed by atoms with Gasteiger partial charge in [0, 0.05) is 35.3 Å². The quantitative estimate of drug-likeness (QED) is 0.115. The summed E-state index contributed by atoms with van der Waals surface area (Å²) in [7, 11) is 0. The highest BCUT2D eigenvalue weighted by Gasteiger charge is 2.38. The Balaban J connectivity index is 1.32. The Kier molecular flexibility index (Phi) is 10.9. The first kappa shape index (κ1) is 35.7. The second-order valence-corrected chi connectivity index (χ2v) is 11.0. The number of rotatable bonds is 11. The van der Waals surface area contributed by atoms with Crippen molar-refractivity contribution in [2.75, 3.05) is 13.2 Å². The molecule has 4 nitrogen and oxygen atoms in total. The minimum atomic E-state index is -4.50. The van der Waals surface area contributed by atoms with Gasteiger partial charge in [0.1, 0.15) is 29.0 Å². The van der Waals surface area contributed by atoms with Gasteiger partial charge in [-0.15, -0.1) is 0 Å². The fourth-order valence-electron chi connectivity index (χ4n) is 5.21. The second kappa shape index (κ2) is 14.9. The van der Waals surface area contributed by atoms with Crippen molar-refractivity contribution >= 4 is 0 Å². The number of allylic oxidation sites excluding steroid dienone is 1. The van der Waals surface area contributed by atoms with Crippen LogP contribution in [0.1, 0.15) is 37.2 Å². The van der Waals surface area contributed by atoms with Crippen molar-refractivity contribution < 1.29 is 62.9 Å². The first-order valence-corrected chi connectivity index (χ1v) is 14.8. The van der Waals surface area contributed by atoms with Crippen LogP contribution in [0.25, 0.3) is 22.3 Å². The predicted octanol–water partition coefficient (Wildman–Crippen LogP) is 10.6. The third-order valence-electron chi connectivity index (χ3n) is 7.48. The number of ether oxygens (including phenoxy) is 4. The normalized spacial score (nSPS) is 16.8. The minimum absolute atomic E-state index is 0.100. The van der Waals surface area contributed by atoms with E-state index in [0.717, 1.165) is 25.0 Å². The van der Waals surface area contributed by atoms with Crippen molar-refractivity contribution in [1.29, 1.82) is 0 Å². The van der Waals surface area contributed by atoms with E-state index in [1.807, 2.05) is 6.92 Å². The lowest BCUT2D eigenvalue weighted by Gasteiger charge is -2.29. The number of hydrogen-bond donors (Lipinski definition) is 0. The van der Waals surface area contributed by atoms with Crippen LogP contribution in [0.5, 0.6) is 11.5 Å². The predicted molar refractivity (Wildman–Crippen MR) is 157 cm³/mol. The Hall–Kier alpha value is -4.56. The molecule has 0 atom stereocenters. The van der Waals surface area contributed by atoms with Crippen molar-refractivity contribution in [2.24, 2.45) is 5.92 Å². The van der Waals surface area contributed by atoms with Gasteiger partial charge in [0.2, 0.25) is 0 Å². The fraction of sp³-hybridized carbons (Fsp3) is 0.257. The number of hydrogen-bond acceptors (Lipinski definition) is 4. The molecule has 0 aliphatic carbocycles. The van der Waals surface area contributed by atoms with Gasteiger partial charge in [0.05, 0.1) is 30.6 Å². The molecule has 0 spiro atoms. The highest BCUT2D eigenvalue weighted by Crippen LogP contribution is 2.39. The molecule has 0 N–H and O–H groups in total. The molecule has 0 radical (unpaired) electrons. The van der Waals surface area contributed by atoms with Gasteiger partial charge in [-0.3, -0.25) is 0 Å². The van der Waals surface area contributed by atoms with E-state index in [4.69, 9.17) is 9.47 Å². The van der Waals surface area contributed by atoms with Crippen LogP contribution in [0, 0.1) is 40.8 Å². The minimum Gasteiger partial charge on any atom is -0.459 e. The van der Waals surface area contributed by atoms with Crippen molar-refractivity contribution in [3.8, 4) is 33.8 Å². The molecule has 4 aromatic rings. The molecule has 4 aromatic carbocycles. The maximum Gasteiger partial charge on any atom is 0.429 e. The molecule has 1 heterocycles. The highest BCUT2D eigenvalue weighted by atomic mass is 19.3. The number of alkyl halides is 4. The summed E-state index contributed by atoms with van der Waals surface area (Å²) in [6.45, 7) is 2.90. The highest BCUT2D eigenvalue weighted by molar-refractivity contribution is 5.67. The Labute approximate surface area is 273 Å². The first-order valence-electron chi connectivity index (χ1n) is 14.8. The van der Waals surface area contributed by atoms with Crippen molar-refractivity contribution in [1.82, 2.24) is 0 Å². The summed E-state index contributed by atoms with van der Waals surface area (Å²) in [5.74, 6) is -10.6. The second-order valence-electron chi connectivity index (χ2n) is 11.0.